The molecule has 0 saturated heterocycles. The van der Waals surface area contributed by atoms with E-state index in [9.17, 15) is 4.79 Å². The van der Waals surface area contributed by atoms with Gasteiger partial charge in [-0.3, -0.25) is 0 Å². The summed E-state index contributed by atoms with van der Waals surface area (Å²) in [6, 6.07) is 0. The zero-order valence-corrected chi connectivity index (χ0v) is 9.27. The summed E-state index contributed by atoms with van der Waals surface area (Å²) in [6.45, 7) is 2.28. The maximum absolute atomic E-state index is 11.0. The molecule has 1 N–H and O–H groups in total. The molecule has 84 valence electrons. The van der Waals surface area contributed by atoms with E-state index in [4.69, 9.17) is 11.5 Å². The van der Waals surface area contributed by atoms with Gasteiger partial charge in [-0.05, 0) is 6.92 Å². The second-order valence-corrected chi connectivity index (χ2v) is 3.34. The van der Waals surface area contributed by atoms with Crippen molar-refractivity contribution < 1.29 is 9.90 Å². The standard InChI is InChI=1S/C11H13N3O2/c1-4-5-6-14(3)10-9(11(15)16)7-12-8(2)13-10/h1,7H,5-6H2,2-3H3,(H,15,16). The van der Waals surface area contributed by atoms with Gasteiger partial charge in [0, 0.05) is 26.2 Å². The predicted molar refractivity (Wildman–Crippen MR) is 60.4 cm³/mol. The molecule has 0 aliphatic rings. The van der Waals surface area contributed by atoms with E-state index >= 15 is 0 Å². The van der Waals surface area contributed by atoms with Crippen LogP contribution in [0.25, 0.3) is 0 Å². The van der Waals surface area contributed by atoms with E-state index in [0.29, 0.717) is 24.6 Å². The molecule has 1 aromatic rings. The Morgan fingerprint density at radius 3 is 2.94 bits per heavy atom. The number of hydrogen-bond donors (Lipinski definition) is 1. The monoisotopic (exact) mass is 219 g/mol. The number of carboxylic acid groups (broad SMARTS) is 1. The highest BCUT2D eigenvalue weighted by Crippen LogP contribution is 2.15. The molecule has 0 saturated carbocycles. The van der Waals surface area contributed by atoms with Crippen molar-refractivity contribution >= 4 is 11.8 Å². The van der Waals surface area contributed by atoms with Crippen LogP contribution >= 0.6 is 0 Å². The van der Waals surface area contributed by atoms with Crippen LogP contribution < -0.4 is 4.90 Å². The molecule has 1 rings (SSSR count). The van der Waals surface area contributed by atoms with Gasteiger partial charge in [-0.15, -0.1) is 12.3 Å². The first-order valence-electron chi connectivity index (χ1n) is 4.77. The Hall–Kier alpha value is -2.09. The number of rotatable bonds is 4. The fraction of sp³-hybridized carbons (Fsp3) is 0.364. The minimum absolute atomic E-state index is 0.0881. The summed E-state index contributed by atoms with van der Waals surface area (Å²) in [5.74, 6) is 2.39. The molecule has 0 atom stereocenters. The van der Waals surface area contributed by atoms with Crippen molar-refractivity contribution in [3.05, 3.63) is 17.6 Å². The maximum Gasteiger partial charge on any atom is 0.341 e. The van der Waals surface area contributed by atoms with Crippen molar-refractivity contribution in [2.75, 3.05) is 18.5 Å². The summed E-state index contributed by atoms with van der Waals surface area (Å²) in [6.07, 6.45) is 7.01. The van der Waals surface area contributed by atoms with E-state index in [2.05, 4.69) is 15.9 Å². The number of hydrogen-bond acceptors (Lipinski definition) is 4. The number of aryl methyl sites for hydroxylation is 1. The van der Waals surface area contributed by atoms with Gasteiger partial charge in [0.2, 0.25) is 0 Å². The van der Waals surface area contributed by atoms with Gasteiger partial charge in [-0.1, -0.05) is 0 Å². The molecule has 5 nitrogen and oxygen atoms in total. The Bertz CT molecular complexity index is 437. The predicted octanol–water partition coefficient (Wildman–Crippen LogP) is 0.943. The first-order chi connectivity index (χ1) is 7.56. The van der Waals surface area contributed by atoms with Crippen molar-refractivity contribution in [2.45, 2.75) is 13.3 Å². The molecule has 0 aliphatic heterocycles. The van der Waals surface area contributed by atoms with Gasteiger partial charge in [0.25, 0.3) is 0 Å². The second-order valence-electron chi connectivity index (χ2n) is 3.34. The molecule has 0 fully saturated rings. The lowest BCUT2D eigenvalue weighted by molar-refractivity contribution is 0.0696. The largest absolute Gasteiger partial charge is 0.477 e. The summed E-state index contributed by atoms with van der Waals surface area (Å²) in [5, 5.41) is 8.98. The van der Waals surface area contributed by atoms with Gasteiger partial charge in [0.1, 0.15) is 17.2 Å². The third-order valence-electron chi connectivity index (χ3n) is 2.07. The van der Waals surface area contributed by atoms with Crippen LogP contribution in [0.4, 0.5) is 5.82 Å². The van der Waals surface area contributed by atoms with Crippen molar-refractivity contribution in [1.82, 2.24) is 9.97 Å². The summed E-state index contributed by atoms with van der Waals surface area (Å²) in [5.41, 5.74) is 0.0881. The molecule has 0 spiro atoms. The highest BCUT2D eigenvalue weighted by molar-refractivity contribution is 5.92. The van der Waals surface area contributed by atoms with Crippen LogP contribution in [0.1, 0.15) is 22.6 Å². The fourth-order valence-electron chi connectivity index (χ4n) is 1.24. The van der Waals surface area contributed by atoms with E-state index in [1.54, 1.807) is 18.9 Å². The summed E-state index contributed by atoms with van der Waals surface area (Å²) >= 11 is 0. The molecular formula is C11H13N3O2. The quantitative estimate of drug-likeness (QED) is 0.763. The second kappa shape index (κ2) is 5.12. The first-order valence-corrected chi connectivity index (χ1v) is 4.77. The summed E-state index contributed by atoms with van der Waals surface area (Å²) < 4.78 is 0. The first kappa shape index (κ1) is 12.0. The number of aromatic nitrogens is 2. The molecule has 0 radical (unpaired) electrons. The van der Waals surface area contributed by atoms with Gasteiger partial charge >= 0.3 is 5.97 Å². The normalized spacial score (nSPS) is 9.56. The number of anilines is 1. The molecule has 1 heterocycles. The Kier molecular flexibility index (Phi) is 3.84. The lowest BCUT2D eigenvalue weighted by Gasteiger charge is -2.18. The van der Waals surface area contributed by atoms with E-state index in [1.807, 2.05) is 0 Å². The number of terminal acetylenes is 1. The van der Waals surface area contributed by atoms with E-state index < -0.39 is 5.97 Å². The van der Waals surface area contributed by atoms with Crippen molar-refractivity contribution in [2.24, 2.45) is 0 Å². The Morgan fingerprint density at radius 1 is 1.69 bits per heavy atom. The SMILES string of the molecule is C#CCCN(C)c1nc(C)ncc1C(=O)O. The third-order valence-corrected chi connectivity index (χ3v) is 2.07. The molecule has 0 aliphatic carbocycles. The zero-order chi connectivity index (χ0) is 12.1. The van der Waals surface area contributed by atoms with Crippen LogP contribution in [-0.4, -0.2) is 34.6 Å². The minimum Gasteiger partial charge on any atom is -0.477 e. The van der Waals surface area contributed by atoms with Crippen LogP contribution in [0.3, 0.4) is 0 Å². The van der Waals surface area contributed by atoms with Crippen LogP contribution in [0.15, 0.2) is 6.20 Å². The highest BCUT2D eigenvalue weighted by atomic mass is 16.4. The topological polar surface area (TPSA) is 66.3 Å². The molecule has 16 heavy (non-hydrogen) atoms. The van der Waals surface area contributed by atoms with Gasteiger partial charge in [-0.2, -0.15) is 0 Å². The van der Waals surface area contributed by atoms with Crippen LogP contribution in [-0.2, 0) is 0 Å². The summed E-state index contributed by atoms with van der Waals surface area (Å²) in [7, 11) is 1.76. The molecular weight excluding hydrogens is 206 g/mol. The van der Waals surface area contributed by atoms with Crippen LogP contribution in [0, 0.1) is 19.3 Å². The highest BCUT2D eigenvalue weighted by Gasteiger charge is 2.15. The number of aromatic carboxylic acids is 1. The number of nitrogens with zero attached hydrogens (tertiary/aromatic N) is 3. The fourth-order valence-corrected chi connectivity index (χ4v) is 1.24. The lowest BCUT2D eigenvalue weighted by Crippen LogP contribution is -2.23. The van der Waals surface area contributed by atoms with Crippen molar-refractivity contribution in [1.29, 1.82) is 0 Å². The van der Waals surface area contributed by atoms with Crippen LogP contribution in [0.5, 0.6) is 0 Å². The molecule has 0 bridgehead atoms. The van der Waals surface area contributed by atoms with E-state index in [0.717, 1.165) is 0 Å². The van der Waals surface area contributed by atoms with Gasteiger partial charge in [0.15, 0.2) is 0 Å². The number of carbonyl (C=O) groups is 1. The minimum atomic E-state index is -1.04. The zero-order valence-electron chi connectivity index (χ0n) is 9.27. The molecule has 5 heteroatoms. The average molecular weight is 219 g/mol. The van der Waals surface area contributed by atoms with Gasteiger partial charge in [0.05, 0.1) is 0 Å². The smallest absolute Gasteiger partial charge is 0.341 e. The van der Waals surface area contributed by atoms with E-state index in [-0.39, 0.29) is 5.56 Å². The number of carboxylic acids is 1. The van der Waals surface area contributed by atoms with Crippen LogP contribution in [0.2, 0.25) is 0 Å². The maximum atomic E-state index is 11.0. The molecule has 0 amide bonds. The average Bonchev–Trinajstić information content (AvgIpc) is 2.25. The Balaban J connectivity index is 3.05. The Morgan fingerprint density at radius 2 is 2.38 bits per heavy atom. The molecule has 0 aromatic carbocycles. The lowest BCUT2D eigenvalue weighted by atomic mass is 10.3. The third kappa shape index (κ3) is 2.70. The van der Waals surface area contributed by atoms with Crippen molar-refractivity contribution in [3.8, 4) is 12.3 Å². The summed E-state index contributed by atoms with van der Waals surface area (Å²) in [4.78, 5) is 20.7. The van der Waals surface area contributed by atoms with Gasteiger partial charge in [-0.25, -0.2) is 14.8 Å². The van der Waals surface area contributed by atoms with Gasteiger partial charge < -0.3 is 10.0 Å². The molecule has 0 unspecified atom stereocenters. The van der Waals surface area contributed by atoms with Crippen molar-refractivity contribution in [3.63, 3.8) is 0 Å². The Labute approximate surface area is 94.1 Å². The molecule has 1 aromatic heterocycles. The van der Waals surface area contributed by atoms with E-state index in [1.165, 1.54) is 6.20 Å².